The number of halogens is 2. The average Bonchev–Trinajstić information content (AvgIpc) is 3.21. The summed E-state index contributed by atoms with van der Waals surface area (Å²) in [5, 5.41) is 8.48. The molecule has 1 aromatic heterocycles. The zero-order valence-corrected chi connectivity index (χ0v) is 15.5. The highest BCUT2D eigenvalue weighted by atomic mass is 35.5. The number of carbonyl (C=O) groups excluding carboxylic acids is 1. The minimum atomic E-state index is 0. The number of fused-ring (bicyclic) bond motifs is 1. The molecule has 0 bridgehead atoms. The quantitative estimate of drug-likeness (QED) is 0.870. The first-order valence-electron chi connectivity index (χ1n) is 8.51. The highest BCUT2D eigenvalue weighted by Crippen LogP contribution is 2.27. The molecule has 0 aliphatic carbocycles. The molecule has 2 aliphatic heterocycles. The fraction of sp³-hybridized carbons (Fsp3) is 0.444. The van der Waals surface area contributed by atoms with Gasteiger partial charge >= 0.3 is 0 Å². The molecule has 25 heavy (non-hydrogen) atoms. The van der Waals surface area contributed by atoms with Crippen LogP contribution in [-0.2, 0) is 0 Å². The first-order chi connectivity index (χ1) is 11.7. The number of nitrogens with one attached hydrogen (secondary N) is 1. The smallest absolute Gasteiger partial charge is 0.257 e. The molecule has 2 fully saturated rings. The van der Waals surface area contributed by atoms with Crippen LogP contribution < -0.4 is 5.32 Å². The van der Waals surface area contributed by atoms with Gasteiger partial charge in [0.05, 0.1) is 17.4 Å². The summed E-state index contributed by atoms with van der Waals surface area (Å²) in [6.45, 7) is 3.88. The van der Waals surface area contributed by atoms with E-state index in [1.54, 1.807) is 17.1 Å². The molecule has 1 aromatic carbocycles. The third-order valence-electron chi connectivity index (χ3n) is 5.23. The SMILES string of the molecule is Cl.O=C(c1cnn(-c2ccc(Cl)cc2)c1)N1CC[C@@H]2CNC[C@@H]2CC1. The molecule has 7 heteroatoms. The van der Waals surface area contributed by atoms with E-state index in [4.69, 9.17) is 11.6 Å². The molecule has 0 saturated carbocycles. The molecule has 2 saturated heterocycles. The molecule has 2 aromatic rings. The Morgan fingerprint density at radius 1 is 1.12 bits per heavy atom. The summed E-state index contributed by atoms with van der Waals surface area (Å²) in [5.41, 5.74) is 1.55. The third kappa shape index (κ3) is 3.84. The normalized spacial score (nSPS) is 22.8. The summed E-state index contributed by atoms with van der Waals surface area (Å²) >= 11 is 5.92. The number of aromatic nitrogens is 2. The van der Waals surface area contributed by atoms with Crippen LogP contribution in [0.2, 0.25) is 5.02 Å². The molecule has 1 N–H and O–H groups in total. The molecule has 2 atom stereocenters. The summed E-state index contributed by atoms with van der Waals surface area (Å²) in [4.78, 5) is 14.8. The van der Waals surface area contributed by atoms with E-state index in [0.717, 1.165) is 56.5 Å². The number of rotatable bonds is 2. The van der Waals surface area contributed by atoms with Crippen molar-refractivity contribution in [1.29, 1.82) is 0 Å². The number of benzene rings is 1. The lowest BCUT2D eigenvalue weighted by Gasteiger charge is -2.20. The van der Waals surface area contributed by atoms with Gasteiger partial charge in [0.25, 0.3) is 5.91 Å². The van der Waals surface area contributed by atoms with Gasteiger partial charge in [-0.1, -0.05) is 11.6 Å². The predicted octanol–water partition coefficient (Wildman–Crippen LogP) is 3.02. The van der Waals surface area contributed by atoms with Crippen molar-refractivity contribution in [2.75, 3.05) is 26.2 Å². The molecule has 5 nitrogen and oxygen atoms in total. The second-order valence-corrected chi connectivity index (χ2v) is 7.13. The largest absolute Gasteiger partial charge is 0.339 e. The average molecular weight is 381 g/mol. The van der Waals surface area contributed by atoms with Crippen molar-refractivity contribution < 1.29 is 4.79 Å². The number of likely N-dealkylation sites (tertiary alicyclic amines) is 1. The third-order valence-corrected chi connectivity index (χ3v) is 5.48. The second kappa shape index (κ2) is 7.77. The van der Waals surface area contributed by atoms with Crippen molar-refractivity contribution in [3.63, 3.8) is 0 Å². The van der Waals surface area contributed by atoms with Crippen molar-refractivity contribution >= 4 is 29.9 Å². The van der Waals surface area contributed by atoms with Crippen molar-refractivity contribution in [2.45, 2.75) is 12.8 Å². The highest BCUT2D eigenvalue weighted by molar-refractivity contribution is 6.30. The maximum Gasteiger partial charge on any atom is 0.257 e. The summed E-state index contributed by atoms with van der Waals surface area (Å²) in [6, 6.07) is 7.43. The molecular formula is C18H22Cl2N4O. The first kappa shape index (κ1) is 18.2. The maximum atomic E-state index is 12.8. The van der Waals surface area contributed by atoms with Crippen LogP contribution in [-0.4, -0.2) is 46.8 Å². The monoisotopic (exact) mass is 380 g/mol. The van der Waals surface area contributed by atoms with Gasteiger partial charge in [-0.15, -0.1) is 12.4 Å². The van der Waals surface area contributed by atoms with E-state index in [-0.39, 0.29) is 18.3 Å². The summed E-state index contributed by atoms with van der Waals surface area (Å²) in [7, 11) is 0. The van der Waals surface area contributed by atoms with Crippen molar-refractivity contribution in [3.05, 3.63) is 47.2 Å². The Labute approximate surface area is 158 Å². The molecule has 0 radical (unpaired) electrons. The Morgan fingerprint density at radius 3 is 2.40 bits per heavy atom. The van der Waals surface area contributed by atoms with Crippen LogP contribution in [0, 0.1) is 11.8 Å². The summed E-state index contributed by atoms with van der Waals surface area (Å²) < 4.78 is 1.72. The zero-order chi connectivity index (χ0) is 16.5. The number of nitrogens with zero attached hydrogens (tertiary/aromatic N) is 3. The van der Waals surface area contributed by atoms with E-state index in [2.05, 4.69) is 10.4 Å². The number of carbonyl (C=O) groups is 1. The Balaban J connectivity index is 0.00000182. The molecule has 4 rings (SSSR count). The molecule has 0 spiro atoms. The fourth-order valence-electron chi connectivity index (χ4n) is 3.77. The molecule has 2 aliphatic rings. The molecule has 1 amide bonds. The second-order valence-electron chi connectivity index (χ2n) is 6.70. The number of hydrogen-bond acceptors (Lipinski definition) is 3. The van der Waals surface area contributed by atoms with E-state index >= 15 is 0 Å². The minimum Gasteiger partial charge on any atom is -0.339 e. The topological polar surface area (TPSA) is 50.2 Å². The van der Waals surface area contributed by atoms with Gasteiger partial charge in [0, 0.05) is 24.3 Å². The van der Waals surface area contributed by atoms with E-state index in [1.807, 2.05) is 29.2 Å². The van der Waals surface area contributed by atoms with Crippen LogP contribution in [0.5, 0.6) is 0 Å². The van der Waals surface area contributed by atoms with Gasteiger partial charge in [-0.05, 0) is 62.0 Å². The summed E-state index contributed by atoms with van der Waals surface area (Å²) in [5.74, 6) is 1.53. The zero-order valence-electron chi connectivity index (χ0n) is 13.9. The molecule has 3 heterocycles. The molecule has 134 valence electrons. The van der Waals surface area contributed by atoms with Crippen molar-refractivity contribution in [1.82, 2.24) is 20.0 Å². The number of hydrogen-bond donors (Lipinski definition) is 1. The first-order valence-corrected chi connectivity index (χ1v) is 8.89. The van der Waals surface area contributed by atoms with Crippen LogP contribution in [0.1, 0.15) is 23.2 Å². The molecular weight excluding hydrogens is 359 g/mol. The minimum absolute atomic E-state index is 0. The van der Waals surface area contributed by atoms with Crippen LogP contribution in [0.25, 0.3) is 5.69 Å². The standard InChI is InChI=1S/C18H21ClN4O.ClH/c19-16-1-3-17(4-2-16)23-12-15(11-21-23)18(24)22-7-5-13-9-20-10-14(13)6-8-22;/h1-4,11-14,20H,5-10H2;1H/t13-,14+;. The van der Waals surface area contributed by atoms with E-state index in [1.165, 1.54) is 0 Å². The van der Waals surface area contributed by atoms with Gasteiger partial charge in [-0.25, -0.2) is 4.68 Å². The van der Waals surface area contributed by atoms with Crippen LogP contribution in [0.3, 0.4) is 0 Å². The van der Waals surface area contributed by atoms with Gasteiger partial charge < -0.3 is 10.2 Å². The predicted molar refractivity (Wildman–Crippen MR) is 101 cm³/mol. The molecule has 0 unspecified atom stereocenters. The van der Waals surface area contributed by atoms with Crippen molar-refractivity contribution in [2.24, 2.45) is 11.8 Å². The summed E-state index contributed by atoms with van der Waals surface area (Å²) in [6.07, 6.45) is 5.65. The van der Waals surface area contributed by atoms with E-state index in [9.17, 15) is 4.79 Å². The Hall–Kier alpha value is -1.56. The lowest BCUT2D eigenvalue weighted by molar-refractivity contribution is 0.0758. The van der Waals surface area contributed by atoms with Gasteiger partial charge in [0.1, 0.15) is 0 Å². The Bertz CT molecular complexity index is 717. The van der Waals surface area contributed by atoms with Crippen LogP contribution in [0.4, 0.5) is 0 Å². The van der Waals surface area contributed by atoms with Crippen LogP contribution >= 0.6 is 24.0 Å². The van der Waals surface area contributed by atoms with Gasteiger partial charge in [-0.3, -0.25) is 4.79 Å². The lowest BCUT2D eigenvalue weighted by Crippen LogP contribution is -2.32. The van der Waals surface area contributed by atoms with Crippen LogP contribution in [0.15, 0.2) is 36.7 Å². The van der Waals surface area contributed by atoms with Crippen molar-refractivity contribution in [3.8, 4) is 5.69 Å². The number of amides is 1. The van der Waals surface area contributed by atoms with E-state index in [0.29, 0.717) is 10.6 Å². The van der Waals surface area contributed by atoms with Gasteiger partial charge in [-0.2, -0.15) is 5.10 Å². The fourth-order valence-corrected chi connectivity index (χ4v) is 3.90. The van der Waals surface area contributed by atoms with E-state index < -0.39 is 0 Å². The lowest BCUT2D eigenvalue weighted by atomic mass is 9.92. The van der Waals surface area contributed by atoms with Gasteiger partial charge in [0.2, 0.25) is 0 Å². The maximum absolute atomic E-state index is 12.8. The highest BCUT2D eigenvalue weighted by Gasteiger charge is 2.31. The van der Waals surface area contributed by atoms with Gasteiger partial charge in [0.15, 0.2) is 0 Å². The Kier molecular flexibility index (Phi) is 5.67. The Morgan fingerprint density at radius 2 is 1.76 bits per heavy atom.